The summed E-state index contributed by atoms with van der Waals surface area (Å²) in [7, 11) is 0. The molecular weight excluding hydrogens is 297 g/mol. The van der Waals surface area contributed by atoms with Crippen LogP contribution in [-0.2, 0) is 0 Å². The van der Waals surface area contributed by atoms with Crippen LogP contribution in [0.15, 0.2) is 0 Å². The Labute approximate surface area is 118 Å². The third kappa shape index (κ3) is 3.82. The van der Waals surface area contributed by atoms with Crippen molar-refractivity contribution < 1.29 is 31.8 Å². The van der Waals surface area contributed by atoms with Crippen LogP contribution in [0.1, 0.15) is 26.2 Å². The molecule has 0 spiro atoms. The highest BCUT2D eigenvalue weighted by Gasteiger charge is 2.27. The first kappa shape index (κ1) is 17.6. The van der Waals surface area contributed by atoms with E-state index in [4.69, 9.17) is 10.8 Å². The second-order valence-corrected chi connectivity index (χ2v) is 4.73. The second-order valence-electron chi connectivity index (χ2n) is 4.73. The van der Waals surface area contributed by atoms with Crippen LogP contribution in [0.3, 0.4) is 0 Å². The Bertz CT molecular complexity index is 477. The van der Waals surface area contributed by atoms with Crippen LogP contribution in [-0.4, -0.2) is 23.9 Å². The van der Waals surface area contributed by atoms with E-state index in [9.17, 15) is 22.0 Å². The summed E-state index contributed by atoms with van der Waals surface area (Å²) >= 11 is 0. The average Bonchev–Trinajstić information content (AvgIpc) is 2.50. The lowest BCUT2D eigenvalue weighted by Crippen LogP contribution is -2.43. The van der Waals surface area contributed by atoms with Gasteiger partial charge in [-0.25, -0.2) is 13.2 Å². The summed E-state index contributed by atoms with van der Waals surface area (Å²) in [5.74, 6) is -11.7. The highest BCUT2D eigenvalue weighted by molar-refractivity contribution is 5.29. The number of benzene rings is 1. The number of rotatable bonds is 7. The zero-order valence-electron chi connectivity index (χ0n) is 11.4. The van der Waals surface area contributed by atoms with E-state index in [1.807, 2.05) is 0 Å². The summed E-state index contributed by atoms with van der Waals surface area (Å²) in [6.07, 6.45) is 0.922. The number of aliphatic hydroxyl groups is 1. The van der Waals surface area contributed by atoms with E-state index in [0.29, 0.717) is 6.42 Å². The number of halogens is 5. The van der Waals surface area contributed by atoms with Crippen molar-refractivity contribution in [2.75, 3.05) is 13.2 Å². The van der Waals surface area contributed by atoms with Gasteiger partial charge in [-0.05, 0) is 19.3 Å². The molecule has 0 heterocycles. The molecule has 1 rings (SSSR count). The highest BCUT2D eigenvalue weighted by Crippen LogP contribution is 2.29. The van der Waals surface area contributed by atoms with E-state index in [1.54, 1.807) is 6.92 Å². The molecule has 0 bridgehead atoms. The van der Waals surface area contributed by atoms with Crippen LogP contribution in [0.25, 0.3) is 0 Å². The summed E-state index contributed by atoms with van der Waals surface area (Å²) < 4.78 is 69.8. The third-order valence-corrected chi connectivity index (χ3v) is 3.25. The summed E-state index contributed by atoms with van der Waals surface area (Å²) in [5, 5.41) is 9.07. The topological polar surface area (TPSA) is 55.5 Å². The molecule has 3 N–H and O–H groups in total. The maximum absolute atomic E-state index is 13.3. The van der Waals surface area contributed by atoms with Gasteiger partial charge in [0.25, 0.3) is 0 Å². The Morgan fingerprint density at radius 2 is 1.48 bits per heavy atom. The first-order chi connectivity index (χ1) is 9.77. The zero-order chi connectivity index (χ0) is 16.2. The maximum atomic E-state index is 13.3. The minimum atomic E-state index is -2.23. The lowest BCUT2D eigenvalue weighted by Gasteiger charge is -2.25. The quantitative estimate of drug-likeness (QED) is 0.352. The molecule has 3 nitrogen and oxygen atoms in total. The molecular formula is C13H16F5NO2. The van der Waals surface area contributed by atoms with Gasteiger partial charge in [-0.1, -0.05) is 6.92 Å². The van der Waals surface area contributed by atoms with Crippen molar-refractivity contribution in [2.45, 2.75) is 31.7 Å². The molecule has 0 aliphatic carbocycles. The van der Waals surface area contributed by atoms with Crippen molar-refractivity contribution in [1.82, 2.24) is 0 Å². The lowest BCUT2D eigenvalue weighted by atomic mass is 9.93. The monoisotopic (exact) mass is 313 g/mol. The van der Waals surface area contributed by atoms with Crippen LogP contribution in [0.5, 0.6) is 5.75 Å². The van der Waals surface area contributed by atoms with Crippen molar-refractivity contribution in [3.8, 4) is 5.75 Å². The molecule has 0 aromatic heterocycles. The summed E-state index contributed by atoms with van der Waals surface area (Å²) in [5.41, 5.74) is 4.92. The van der Waals surface area contributed by atoms with E-state index in [-0.39, 0.29) is 26.1 Å². The molecule has 8 heteroatoms. The molecule has 1 atom stereocenters. The van der Waals surface area contributed by atoms with E-state index in [1.165, 1.54) is 0 Å². The smallest absolute Gasteiger partial charge is 0.206 e. The molecule has 0 aliphatic rings. The molecule has 0 fully saturated rings. The minimum absolute atomic E-state index is 0.185. The largest absolute Gasteiger partial charge is 0.487 e. The van der Waals surface area contributed by atoms with Crippen LogP contribution < -0.4 is 10.5 Å². The van der Waals surface area contributed by atoms with Gasteiger partial charge < -0.3 is 15.6 Å². The Morgan fingerprint density at radius 3 is 1.90 bits per heavy atom. The number of aliphatic hydroxyl groups excluding tert-OH is 1. The number of hydrogen-bond donors (Lipinski definition) is 2. The average molecular weight is 313 g/mol. The predicted molar refractivity (Wildman–Crippen MR) is 65.3 cm³/mol. The molecule has 0 amide bonds. The summed E-state index contributed by atoms with van der Waals surface area (Å²) in [4.78, 5) is 0. The van der Waals surface area contributed by atoms with E-state index >= 15 is 0 Å². The molecule has 21 heavy (non-hydrogen) atoms. The van der Waals surface area contributed by atoms with Gasteiger partial charge in [-0.2, -0.15) is 8.78 Å². The Kier molecular flexibility index (Phi) is 5.91. The molecule has 0 radical (unpaired) electrons. The van der Waals surface area contributed by atoms with Gasteiger partial charge in [-0.15, -0.1) is 0 Å². The SMILES string of the molecule is CCC(N)(CO)CCCOc1c(F)c(F)c(F)c(F)c1F. The lowest BCUT2D eigenvalue weighted by molar-refractivity contribution is 0.169. The first-order valence-corrected chi connectivity index (χ1v) is 6.31. The van der Waals surface area contributed by atoms with E-state index in [2.05, 4.69) is 4.74 Å². The molecule has 0 aliphatic heterocycles. The standard InChI is InChI=1S/C13H16F5NO2/c1-2-13(19,6-20)4-3-5-21-12-10(17)8(15)7(14)9(16)11(12)18/h20H,2-6,19H2,1H3. The zero-order valence-corrected chi connectivity index (χ0v) is 11.4. The molecule has 1 aromatic carbocycles. The van der Waals surface area contributed by atoms with Gasteiger partial charge >= 0.3 is 0 Å². The van der Waals surface area contributed by atoms with Gasteiger partial charge in [0.05, 0.1) is 13.2 Å². The molecule has 0 saturated heterocycles. The van der Waals surface area contributed by atoms with Crippen LogP contribution in [0.2, 0.25) is 0 Å². The van der Waals surface area contributed by atoms with Crippen molar-refractivity contribution in [1.29, 1.82) is 0 Å². The fraction of sp³-hybridized carbons (Fsp3) is 0.538. The fourth-order valence-electron chi connectivity index (χ4n) is 1.68. The molecule has 1 unspecified atom stereocenters. The second kappa shape index (κ2) is 7.04. The van der Waals surface area contributed by atoms with Crippen LogP contribution in [0, 0.1) is 29.1 Å². The van der Waals surface area contributed by atoms with E-state index in [0.717, 1.165) is 0 Å². The van der Waals surface area contributed by atoms with Crippen molar-refractivity contribution in [3.63, 3.8) is 0 Å². The van der Waals surface area contributed by atoms with Crippen molar-refractivity contribution in [3.05, 3.63) is 29.1 Å². The number of hydrogen-bond acceptors (Lipinski definition) is 3. The molecule has 120 valence electrons. The van der Waals surface area contributed by atoms with Gasteiger partial charge in [0.1, 0.15) is 0 Å². The van der Waals surface area contributed by atoms with Crippen molar-refractivity contribution >= 4 is 0 Å². The normalized spacial score (nSPS) is 14.1. The van der Waals surface area contributed by atoms with Crippen LogP contribution in [0.4, 0.5) is 22.0 Å². The Balaban J connectivity index is 2.73. The van der Waals surface area contributed by atoms with Crippen molar-refractivity contribution in [2.24, 2.45) is 5.73 Å². The van der Waals surface area contributed by atoms with Gasteiger partial charge in [0, 0.05) is 5.54 Å². The maximum Gasteiger partial charge on any atom is 0.206 e. The van der Waals surface area contributed by atoms with Gasteiger partial charge in [0.15, 0.2) is 5.75 Å². The Morgan fingerprint density at radius 1 is 1.00 bits per heavy atom. The number of ether oxygens (including phenoxy) is 1. The van der Waals surface area contributed by atoms with Gasteiger partial charge in [-0.3, -0.25) is 0 Å². The van der Waals surface area contributed by atoms with Gasteiger partial charge in [0.2, 0.25) is 29.1 Å². The Hall–Kier alpha value is -1.41. The molecule has 0 saturated carbocycles. The fourth-order valence-corrected chi connectivity index (χ4v) is 1.68. The highest BCUT2D eigenvalue weighted by atomic mass is 19.2. The first-order valence-electron chi connectivity index (χ1n) is 6.31. The van der Waals surface area contributed by atoms with E-state index < -0.39 is 40.4 Å². The minimum Gasteiger partial charge on any atom is -0.487 e. The van der Waals surface area contributed by atoms with Crippen LogP contribution >= 0.6 is 0 Å². The summed E-state index contributed by atoms with van der Waals surface area (Å²) in [6, 6.07) is 0. The third-order valence-electron chi connectivity index (χ3n) is 3.25. The summed E-state index contributed by atoms with van der Waals surface area (Å²) in [6.45, 7) is 1.17. The predicted octanol–water partition coefficient (Wildman–Crippen LogP) is 2.64. The molecule has 1 aromatic rings. The number of nitrogens with two attached hydrogens (primary N) is 1.